The number of amides is 2. The van der Waals surface area contributed by atoms with Gasteiger partial charge in [0.2, 0.25) is 5.91 Å². The van der Waals surface area contributed by atoms with E-state index in [0.29, 0.717) is 28.4 Å². The zero-order valence-corrected chi connectivity index (χ0v) is 19.0. The summed E-state index contributed by atoms with van der Waals surface area (Å²) in [4.78, 5) is 31.3. The highest BCUT2D eigenvalue weighted by Gasteiger charge is 2.27. The molecule has 0 unspecified atom stereocenters. The minimum atomic E-state index is -0.193. The van der Waals surface area contributed by atoms with E-state index >= 15 is 0 Å². The number of methoxy groups -OCH3 is 1. The van der Waals surface area contributed by atoms with Gasteiger partial charge in [-0.1, -0.05) is 6.07 Å². The number of furan rings is 1. The first-order valence-corrected chi connectivity index (χ1v) is 11.6. The molecule has 3 aromatic heterocycles. The summed E-state index contributed by atoms with van der Waals surface area (Å²) in [6.45, 7) is 0.382. The number of anilines is 1. The van der Waals surface area contributed by atoms with Crippen LogP contribution in [0, 0.1) is 0 Å². The van der Waals surface area contributed by atoms with Crippen molar-refractivity contribution in [2.45, 2.75) is 32.2 Å². The van der Waals surface area contributed by atoms with E-state index in [-0.39, 0.29) is 18.2 Å². The molecule has 2 N–H and O–H groups in total. The van der Waals surface area contributed by atoms with Gasteiger partial charge in [0.1, 0.15) is 16.3 Å². The van der Waals surface area contributed by atoms with Gasteiger partial charge in [-0.2, -0.15) is 0 Å². The van der Waals surface area contributed by atoms with Crippen LogP contribution < -0.4 is 15.4 Å². The fourth-order valence-electron chi connectivity index (χ4n) is 4.17. The normalized spacial score (nSPS) is 12.5. The summed E-state index contributed by atoms with van der Waals surface area (Å²) < 4.78 is 10.9. The van der Waals surface area contributed by atoms with E-state index in [9.17, 15) is 9.59 Å². The molecule has 7 nitrogen and oxygen atoms in total. The largest absolute Gasteiger partial charge is 0.497 e. The fourth-order valence-corrected chi connectivity index (χ4v) is 5.48. The molecule has 0 fully saturated rings. The van der Waals surface area contributed by atoms with Crippen molar-refractivity contribution >= 4 is 39.1 Å². The molecule has 1 aliphatic rings. The van der Waals surface area contributed by atoms with E-state index in [2.05, 4.69) is 15.6 Å². The molecule has 0 saturated carbocycles. The maximum absolute atomic E-state index is 13.1. The van der Waals surface area contributed by atoms with Gasteiger partial charge in [-0.25, -0.2) is 0 Å². The highest BCUT2D eigenvalue weighted by molar-refractivity contribution is 7.17. The lowest BCUT2D eigenvalue weighted by Crippen LogP contribution is -2.25. The van der Waals surface area contributed by atoms with Crippen LogP contribution in [0.1, 0.15) is 38.3 Å². The van der Waals surface area contributed by atoms with Crippen molar-refractivity contribution < 1.29 is 18.7 Å². The van der Waals surface area contributed by atoms with Crippen molar-refractivity contribution in [2.24, 2.45) is 0 Å². The summed E-state index contributed by atoms with van der Waals surface area (Å²) in [6, 6.07) is 9.25. The Morgan fingerprint density at radius 1 is 1.24 bits per heavy atom. The monoisotopic (exact) mass is 461 g/mol. The topological polar surface area (TPSA) is 93.5 Å². The van der Waals surface area contributed by atoms with E-state index in [1.54, 1.807) is 25.8 Å². The summed E-state index contributed by atoms with van der Waals surface area (Å²) in [6.07, 6.45) is 7.98. The zero-order valence-electron chi connectivity index (χ0n) is 18.1. The molecular weight excluding hydrogens is 438 g/mol. The van der Waals surface area contributed by atoms with Crippen molar-refractivity contribution in [1.82, 2.24) is 10.3 Å². The van der Waals surface area contributed by atoms with Crippen molar-refractivity contribution in [3.8, 4) is 5.75 Å². The standard InChI is InChI=1S/C25H23N3O4S/c1-31-17-7-8-20-19(11-17)16(14-32-20)10-22(29)28-25-23(18-5-2-6-21(18)33-25)24(30)27-13-15-4-3-9-26-12-15/h3-4,7-9,11-12,14H,2,5-6,10,13H2,1H3,(H,27,30)(H,28,29). The number of aryl methyl sites for hydroxylation is 1. The zero-order chi connectivity index (χ0) is 22.8. The molecule has 1 aliphatic carbocycles. The number of nitrogens with one attached hydrogen (secondary N) is 2. The Hall–Kier alpha value is -3.65. The van der Waals surface area contributed by atoms with E-state index < -0.39 is 0 Å². The number of thiophene rings is 1. The van der Waals surface area contributed by atoms with Gasteiger partial charge >= 0.3 is 0 Å². The Labute approximate surface area is 194 Å². The molecule has 8 heteroatoms. The van der Waals surface area contributed by atoms with E-state index in [1.807, 2.05) is 30.3 Å². The van der Waals surface area contributed by atoms with Crippen LogP contribution in [0.2, 0.25) is 0 Å². The lowest BCUT2D eigenvalue weighted by Gasteiger charge is -2.09. The molecule has 0 spiro atoms. The number of ether oxygens (including phenoxy) is 1. The van der Waals surface area contributed by atoms with Gasteiger partial charge < -0.3 is 19.8 Å². The van der Waals surface area contributed by atoms with Gasteiger partial charge in [0.15, 0.2) is 0 Å². The third kappa shape index (κ3) is 4.34. The number of hydrogen-bond donors (Lipinski definition) is 2. The fraction of sp³-hybridized carbons (Fsp3) is 0.240. The first kappa shape index (κ1) is 21.2. The number of pyridine rings is 1. The van der Waals surface area contributed by atoms with Crippen molar-refractivity contribution in [3.63, 3.8) is 0 Å². The third-order valence-electron chi connectivity index (χ3n) is 5.79. The number of nitrogens with zero attached hydrogens (tertiary/aromatic N) is 1. The number of benzene rings is 1. The predicted octanol–water partition coefficient (Wildman–Crippen LogP) is 4.50. The second-order valence-electron chi connectivity index (χ2n) is 7.95. The minimum absolute atomic E-state index is 0.138. The predicted molar refractivity (Wildman–Crippen MR) is 127 cm³/mol. The quantitative estimate of drug-likeness (QED) is 0.423. The molecule has 4 aromatic rings. The van der Waals surface area contributed by atoms with E-state index in [4.69, 9.17) is 9.15 Å². The molecule has 168 valence electrons. The molecule has 5 rings (SSSR count). The number of carbonyl (C=O) groups is 2. The highest BCUT2D eigenvalue weighted by Crippen LogP contribution is 2.39. The van der Waals surface area contributed by atoms with Crippen LogP contribution in [-0.4, -0.2) is 23.9 Å². The van der Waals surface area contributed by atoms with Crippen molar-refractivity contribution in [1.29, 1.82) is 0 Å². The van der Waals surface area contributed by atoms with Crippen molar-refractivity contribution in [2.75, 3.05) is 12.4 Å². The Bertz CT molecular complexity index is 1330. The molecule has 0 bridgehead atoms. The smallest absolute Gasteiger partial charge is 0.254 e. The minimum Gasteiger partial charge on any atom is -0.497 e. The van der Waals surface area contributed by atoms with Gasteiger partial charge in [-0.05, 0) is 54.7 Å². The molecule has 0 aliphatic heterocycles. The average molecular weight is 462 g/mol. The lowest BCUT2D eigenvalue weighted by atomic mass is 10.1. The van der Waals surface area contributed by atoms with Crippen LogP contribution in [0.3, 0.4) is 0 Å². The Morgan fingerprint density at radius 3 is 2.97 bits per heavy atom. The molecule has 1 aromatic carbocycles. The second-order valence-corrected chi connectivity index (χ2v) is 9.06. The molecule has 0 saturated heterocycles. The van der Waals surface area contributed by atoms with Gasteiger partial charge in [0.25, 0.3) is 5.91 Å². The summed E-state index contributed by atoms with van der Waals surface area (Å²) in [5.41, 5.74) is 4.03. The van der Waals surface area contributed by atoms with E-state index in [0.717, 1.165) is 41.3 Å². The number of aromatic nitrogens is 1. The van der Waals surface area contributed by atoms with Gasteiger partial charge in [-0.3, -0.25) is 14.6 Å². The first-order valence-electron chi connectivity index (χ1n) is 10.8. The molecular formula is C25H23N3O4S. The number of hydrogen-bond acceptors (Lipinski definition) is 6. The first-order chi connectivity index (χ1) is 16.1. The van der Waals surface area contributed by atoms with Gasteiger partial charge in [0, 0.05) is 34.8 Å². The summed E-state index contributed by atoms with van der Waals surface area (Å²) in [5, 5.41) is 7.41. The van der Waals surface area contributed by atoms with Crippen LogP contribution in [0.4, 0.5) is 5.00 Å². The molecule has 0 radical (unpaired) electrons. The summed E-state index contributed by atoms with van der Waals surface area (Å²) in [5.74, 6) is 0.335. The molecule has 3 heterocycles. The van der Waals surface area contributed by atoms with Gasteiger partial charge in [-0.15, -0.1) is 11.3 Å². The molecule has 33 heavy (non-hydrogen) atoms. The van der Waals surface area contributed by atoms with Crippen LogP contribution in [-0.2, 0) is 30.6 Å². The Morgan fingerprint density at radius 2 is 2.15 bits per heavy atom. The maximum atomic E-state index is 13.1. The highest BCUT2D eigenvalue weighted by atomic mass is 32.1. The van der Waals surface area contributed by atoms with E-state index in [1.165, 1.54) is 16.2 Å². The third-order valence-corrected chi connectivity index (χ3v) is 7.00. The van der Waals surface area contributed by atoms with Crippen LogP contribution in [0.25, 0.3) is 11.0 Å². The van der Waals surface area contributed by atoms with Crippen molar-refractivity contribution in [3.05, 3.63) is 76.1 Å². The number of rotatable bonds is 7. The van der Waals surface area contributed by atoms with Gasteiger partial charge in [0.05, 0.1) is 25.4 Å². The number of fused-ring (bicyclic) bond motifs is 2. The van der Waals surface area contributed by atoms with Crippen LogP contribution >= 0.6 is 11.3 Å². The van der Waals surface area contributed by atoms with Crippen LogP contribution in [0.15, 0.2) is 53.4 Å². The number of carbonyl (C=O) groups excluding carboxylic acids is 2. The Balaban J connectivity index is 1.34. The summed E-state index contributed by atoms with van der Waals surface area (Å²) in [7, 11) is 1.60. The molecule has 0 atom stereocenters. The average Bonchev–Trinajstić information content (AvgIpc) is 3.53. The lowest BCUT2D eigenvalue weighted by molar-refractivity contribution is -0.115. The second kappa shape index (κ2) is 9.07. The Kier molecular flexibility index (Phi) is 5.83. The molecule has 2 amide bonds. The van der Waals surface area contributed by atoms with Crippen LogP contribution in [0.5, 0.6) is 5.75 Å². The SMILES string of the molecule is COc1ccc2occ(CC(=O)Nc3sc4c(c3C(=O)NCc3cccnc3)CCC4)c2c1. The maximum Gasteiger partial charge on any atom is 0.254 e. The summed E-state index contributed by atoms with van der Waals surface area (Å²) >= 11 is 1.50.